The summed E-state index contributed by atoms with van der Waals surface area (Å²) in [5, 5.41) is 3.12. The molecule has 0 spiro atoms. The number of aryl methyl sites for hydroxylation is 2. The molecule has 0 radical (unpaired) electrons. The lowest BCUT2D eigenvalue weighted by Crippen LogP contribution is -2.23. The Hall–Kier alpha value is -2.09. The Labute approximate surface area is 158 Å². The highest BCUT2D eigenvalue weighted by Gasteiger charge is 2.02. The van der Waals surface area contributed by atoms with E-state index in [2.05, 4.69) is 46.3 Å². The van der Waals surface area contributed by atoms with E-state index in [0.717, 1.165) is 29.0 Å². The number of para-hydroxylation sites is 2. The average molecular weight is 435 g/mol. The van der Waals surface area contributed by atoms with Crippen molar-refractivity contribution >= 4 is 46.7 Å². The van der Waals surface area contributed by atoms with Crippen LogP contribution in [0.25, 0.3) is 11.0 Å². The van der Waals surface area contributed by atoms with E-state index in [1.165, 1.54) is 11.1 Å². The van der Waals surface area contributed by atoms with Crippen LogP contribution in [0.3, 0.4) is 0 Å². The molecule has 3 aromatic rings. The molecule has 0 bridgehead atoms. The number of hydrogen-bond donors (Lipinski definition) is 3. The Morgan fingerprint density at radius 3 is 2.71 bits per heavy atom. The van der Waals surface area contributed by atoms with Gasteiger partial charge in [-0.2, -0.15) is 0 Å². The Morgan fingerprint density at radius 1 is 1.17 bits per heavy atom. The average Bonchev–Trinajstić information content (AvgIpc) is 2.93. The van der Waals surface area contributed by atoms with Gasteiger partial charge in [0.2, 0.25) is 0 Å². The Bertz CT molecular complexity index is 820. The van der Waals surface area contributed by atoms with Crippen molar-refractivity contribution in [3.05, 3.63) is 59.4 Å². The summed E-state index contributed by atoms with van der Waals surface area (Å²) in [5.74, 6) is 1.35. The minimum atomic E-state index is 0. The number of halogens is 1. The van der Waals surface area contributed by atoms with Crippen LogP contribution in [0.1, 0.15) is 17.0 Å². The molecule has 0 atom stereocenters. The monoisotopic (exact) mass is 435 g/mol. The molecule has 1 aromatic heterocycles. The van der Waals surface area contributed by atoms with Crippen LogP contribution in [0.15, 0.2) is 47.5 Å². The number of guanidine groups is 1. The fraction of sp³-hybridized carbons (Fsp3) is 0.222. The molecule has 5 nitrogen and oxygen atoms in total. The number of nitrogens with one attached hydrogen (secondary N) is 2. The summed E-state index contributed by atoms with van der Waals surface area (Å²) < 4.78 is 0. The minimum Gasteiger partial charge on any atom is -0.370 e. The third-order valence-corrected chi connectivity index (χ3v) is 3.85. The van der Waals surface area contributed by atoms with Gasteiger partial charge in [-0.1, -0.05) is 18.2 Å². The lowest BCUT2D eigenvalue weighted by molar-refractivity contribution is 0.898. The molecule has 0 aliphatic heterocycles. The largest absolute Gasteiger partial charge is 0.370 e. The second-order valence-electron chi connectivity index (χ2n) is 5.64. The van der Waals surface area contributed by atoms with E-state index in [1.54, 1.807) is 0 Å². The third-order valence-electron chi connectivity index (χ3n) is 3.85. The maximum Gasteiger partial charge on any atom is 0.193 e. The van der Waals surface area contributed by atoms with Gasteiger partial charge in [-0.15, -0.1) is 24.0 Å². The minimum absolute atomic E-state index is 0. The number of anilines is 1. The normalized spacial score (nSPS) is 11.3. The van der Waals surface area contributed by atoms with Crippen LogP contribution in [0.4, 0.5) is 5.69 Å². The van der Waals surface area contributed by atoms with Gasteiger partial charge >= 0.3 is 0 Å². The van der Waals surface area contributed by atoms with Gasteiger partial charge in [0, 0.05) is 18.7 Å². The summed E-state index contributed by atoms with van der Waals surface area (Å²) in [5.41, 5.74) is 11.4. The van der Waals surface area contributed by atoms with Crippen LogP contribution >= 0.6 is 24.0 Å². The van der Waals surface area contributed by atoms with E-state index in [4.69, 9.17) is 5.73 Å². The highest BCUT2D eigenvalue weighted by molar-refractivity contribution is 14.0. The van der Waals surface area contributed by atoms with Gasteiger partial charge in [-0.05, 0) is 49.2 Å². The summed E-state index contributed by atoms with van der Waals surface area (Å²) in [6, 6.07) is 14.1. The second kappa shape index (κ2) is 8.14. The number of aliphatic imine (C=N–C) groups is 1. The lowest BCUT2D eigenvalue weighted by atomic mass is 10.1. The summed E-state index contributed by atoms with van der Waals surface area (Å²) >= 11 is 0. The molecule has 0 unspecified atom stereocenters. The third kappa shape index (κ3) is 4.47. The fourth-order valence-electron chi connectivity index (χ4n) is 2.41. The number of fused-ring (bicyclic) bond motifs is 1. The van der Waals surface area contributed by atoms with Gasteiger partial charge in [0.05, 0.1) is 11.0 Å². The molecule has 0 saturated carbocycles. The van der Waals surface area contributed by atoms with E-state index in [-0.39, 0.29) is 24.0 Å². The van der Waals surface area contributed by atoms with Crippen LogP contribution in [0.5, 0.6) is 0 Å². The SMILES string of the molecule is Cc1ccc(NC(N)=NCCc2nc3ccccc3[nH]2)cc1C.I. The van der Waals surface area contributed by atoms with Crippen molar-refractivity contribution in [2.45, 2.75) is 20.3 Å². The number of benzene rings is 2. The van der Waals surface area contributed by atoms with Crippen molar-refractivity contribution in [1.29, 1.82) is 0 Å². The summed E-state index contributed by atoms with van der Waals surface area (Å²) in [6.45, 7) is 4.75. The molecule has 24 heavy (non-hydrogen) atoms. The van der Waals surface area contributed by atoms with Gasteiger partial charge in [-0.3, -0.25) is 4.99 Å². The predicted octanol–water partition coefficient (Wildman–Crippen LogP) is 3.77. The van der Waals surface area contributed by atoms with Crippen LogP contribution in [0, 0.1) is 13.8 Å². The molecule has 6 heteroatoms. The smallest absolute Gasteiger partial charge is 0.193 e. The molecule has 0 saturated heterocycles. The number of nitrogens with zero attached hydrogens (tertiary/aromatic N) is 2. The van der Waals surface area contributed by atoms with Crippen molar-refractivity contribution < 1.29 is 0 Å². The van der Waals surface area contributed by atoms with Gasteiger partial charge in [-0.25, -0.2) is 4.98 Å². The maximum absolute atomic E-state index is 5.94. The van der Waals surface area contributed by atoms with Crippen molar-refractivity contribution in [3.8, 4) is 0 Å². The molecule has 3 rings (SSSR count). The number of rotatable bonds is 4. The number of imidazole rings is 1. The van der Waals surface area contributed by atoms with E-state index < -0.39 is 0 Å². The van der Waals surface area contributed by atoms with Gasteiger partial charge < -0.3 is 16.0 Å². The Kier molecular flexibility index (Phi) is 6.19. The first-order valence-electron chi connectivity index (χ1n) is 7.69. The maximum atomic E-state index is 5.94. The highest BCUT2D eigenvalue weighted by Crippen LogP contribution is 2.14. The number of aromatic nitrogens is 2. The molecular formula is C18H22IN5. The number of aromatic amines is 1. The van der Waals surface area contributed by atoms with Gasteiger partial charge in [0.1, 0.15) is 5.82 Å². The van der Waals surface area contributed by atoms with E-state index in [1.807, 2.05) is 30.3 Å². The van der Waals surface area contributed by atoms with Crippen LogP contribution in [-0.4, -0.2) is 22.5 Å². The van der Waals surface area contributed by atoms with Crippen molar-refractivity contribution in [1.82, 2.24) is 9.97 Å². The molecule has 4 N–H and O–H groups in total. The van der Waals surface area contributed by atoms with E-state index in [9.17, 15) is 0 Å². The standard InChI is InChI=1S/C18H21N5.HI/c1-12-7-8-14(11-13(12)2)21-18(19)20-10-9-17-22-15-5-3-4-6-16(15)23-17;/h3-8,11H,9-10H2,1-2H3,(H,22,23)(H3,19,20,21);1H. The second-order valence-corrected chi connectivity index (χ2v) is 5.64. The topological polar surface area (TPSA) is 79.1 Å². The van der Waals surface area contributed by atoms with E-state index >= 15 is 0 Å². The van der Waals surface area contributed by atoms with Crippen molar-refractivity contribution in [2.75, 3.05) is 11.9 Å². The Morgan fingerprint density at radius 2 is 1.96 bits per heavy atom. The highest BCUT2D eigenvalue weighted by atomic mass is 127. The first kappa shape index (κ1) is 18.3. The molecular weight excluding hydrogens is 413 g/mol. The first-order chi connectivity index (χ1) is 11.1. The number of H-pyrrole nitrogens is 1. The molecule has 0 aliphatic rings. The number of nitrogens with two attached hydrogens (primary N) is 1. The number of hydrogen-bond acceptors (Lipinski definition) is 2. The van der Waals surface area contributed by atoms with Crippen LogP contribution in [0.2, 0.25) is 0 Å². The molecule has 126 valence electrons. The fourth-order valence-corrected chi connectivity index (χ4v) is 2.41. The molecule has 0 fully saturated rings. The zero-order valence-electron chi connectivity index (χ0n) is 13.8. The van der Waals surface area contributed by atoms with Crippen molar-refractivity contribution in [2.24, 2.45) is 10.7 Å². The quantitative estimate of drug-likeness (QED) is 0.332. The first-order valence-corrected chi connectivity index (χ1v) is 7.69. The Balaban J connectivity index is 0.00000208. The van der Waals surface area contributed by atoms with E-state index in [0.29, 0.717) is 12.5 Å². The molecule has 1 heterocycles. The summed E-state index contributed by atoms with van der Waals surface area (Å²) in [6.07, 6.45) is 0.726. The zero-order valence-corrected chi connectivity index (χ0v) is 16.2. The summed E-state index contributed by atoms with van der Waals surface area (Å²) in [7, 11) is 0. The predicted molar refractivity (Wildman–Crippen MR) is 111 cm³/mol. The van der Waals surface area contributed by atoms with Gasteiger partial charge in [0.25, 0.3) is 0 Å². The van der Waals surface area contributed by atoms with Gasteiger partial charge in [0.15, 0.2) is 5.96 Å². The molecule has 0 amide bonds. The van der Waals surface area contributed by atoms with Crippen LogP contribution in [-0.2, 0) is 6.42 Å². The molecule has 2 aromatic carbocycles. The van der Waals surface area contributed by atoms with Crippen LogP contribution < -0.4 is 11.1 Å². The lowest BCUT2D eigenvalue weighted by Gasteiger charge is -2.07. The summed E-state index contributed by atoms with van der Waals surface area (Å²) in [4.78, 5) is 12.2. The van der Waals surface area contributed by atoms with Crippen molar-refractivity contribution in [3.63, 3.8) is 0 Å². The molecule has 0 aliphatic carbocycles. The zero-order chi connectivity index (χ0) is 16.2.